The van der Waals surface area contributed by atoms with Crippen LogP contribution < -0.4 is 5.06 Å². The number of ether oxygens (including phenoxy) is 1. The summed E-state index contributed by atoms with van der Waals surface area (Å²) in [5.74, 6) is -0.374. The summed E-state index contributed by atoms with van der Waals surface area (Å²) in [7, 11) is 0. The van der Waals surface area contributed by atoms with E-state index in [0.29, 0.717) is 19.4 Å². The predicted molar refractivity (Wildman–Crippen MR) is 52.4 cm³/mol. The maximum absolute atomic E-state index is 11.7. The van der Waals surface area contributed by atoms with Crippen LogP contribution >= 0.6 is 0 Å². The number of esters is 1. The molecular weight excluding hydrogens is 182 g/mol. The zero-order valence-electron chi connectivity index (χ0n) is 8.92. The van der Waals surface area contributed by atoms with E-state index in [1.54, 1.807) is 13.1 Å². The van der Waals surface area contributed by atoms with Crippen molar-refractivity contribution in [2.24, 2.45) is 0 Å². The molecule has 0 aromatic heterocycles. The molecule has 1 heterocycles. The molecule has 80 valence electrons. The highest BCUT2D eigenvalue weighted by molar-refractivity contribution is 5.80. The van der Waals surface area contributed by atoms with Gasteiger partial charge in [-0.05, 0) is 19.4 Å². The van der Waals surface area contributed by atoms with Gasteiger partial charge in [-0.2, -0.15) is 0 Å². The van der Waals surface area contributed by atoms with E-state index in [2.05, 4.69) is 0 Å². The fourth-order valence-corrected chi connectivity index (χ4v) is 1.86. The molecule has 0 aliphatic carbocycles. The van der Waals surface area contributed by atoms with E-state index in [1.165, 1.54) is 0 Å². The summed E-state index contributed by atoms with van der Waals surface area (Å²) in [4.78, 5) is 11.7. The molecule has 2 atom stereocenters. The summed E-state index contributed by atoms with van der Waals surface area (Å²) in [5.41, 5.74) is 0.0463. The zero-order valence-corrected chi connectivity index (χ0v) is 8.92. The Hall–Kier alpha value is -0.870. The highest BCUT2D eigenvalue weighted by Crippen LogP contribution is 2.23. The van der Waals surface area contributed by atoms with Crippen LogP contribution in [-0.2, 0) is 9.53 Å². The molecule has 0 radical (unpaired) electrons. The molecular formula is C10H17NO3. The second-order valence-corrected chi connectivity index (χ2v) is 3.69. The van der Waals surface area contributed by atoms with E-state index in [-0.39, 0.29) is 11.0 Å². The molecule has 0 saturated carbocycles. The molecule has 4 heteroatoms. The van der Waals surface area contributed by atoms with E-state index in [4.69, 9.17) is 4.74 Å². The van der Waals surface area contributed by atoms with Crippen molar-refractivity contribution in [3.05, 3.63) is 17.0 Å². The SMILES string of the molecule is CCOC(=O)C1(CC)CC(C)=C[NH+]1[O-]. The minimum atomic E-state index is -0.917. The van der Waals surface area contributed by atoms with Crippen molar-refractivity contribution in [3.8, 4) is 0 Å². The summed E-state index contributed by atoms with van der Waals surface area (Å²) in [5, 5.41) is 11.6. The van der Waals surface area contributed by atoms with E-state index in [1.807, 2.05) is 13.8 Å². The number of nitrogens with one attached hydrogen (secondary N) is 1. The van der Waals surface area contributed by atoms with Gasteiger partial charge in [0, 0.05) is 12.8 Å². The van der Waals surface area contributed by atoms with Gasteiger partial charge in [-0.3, -0.25) is 0 Å². The second kappa shape index (κ2) is 4.11. The lowest BCUT2D eigenvalue weighted by Crippen LogP contribution is -3.12. The Bertz CT molecular complexity index is 262. The van der Waals surface area contributed by atoms with E-state index < -0.39 is 5.54 Å². The van der Waals surface area contributed by atoms with Crippen LogP contribution in [0.5, 0.6) is 0 Å². The zero-order chi connectivity index (χ0) is 10.8. The van der Waals surface area contributed by atoms with Crippen molar-refractivity contribution >= 4 is 5.97 Å². The average molecular weight is 199 g/mol. The van der Waals surface area contributed by atoms with Crippen LogP contribution in [0.15, 0.2) is 11.8 Å². The van der Waals surface area contributed by atoms with Crippen molar-refractivity contribution in [1.29, 1.82) is 0 Å². The number of carbonyl (C=O) groups excluding carboxylic acids is 1. The highest BCUT2D eigenvalue weighted by Gasteiger charge is 2.48. The number of hydrogen-bond acceptors (Lipinski definition) is 3. The molecule has 0 aromatic carbocycles. The van der Waals surface area contributed by atoms with Crippen LogP contribution in [0, 0.1) is 5.21 Å². The maximum atomic E-state index is 11.7. The number of hydroxylamine groups is 2. The van der Waals surface area contributed by atoms with Crippen LogP contribution in [0.25, 0.3) is 0 Å². The Balaban J connectivity index is 2.84. The molecule has 0 amide bonds. The molecule has 1 aliphatic rings. The number of quaternary nitrogens is 1. The van der Waals surface area contributed by atoms with Gasteiger partial charge in [0.15, 0.2) is 0 Å². The summed E-state index contributed by atoms with van der Waals surface area (Å²) >= 11 is 0. The van der Waals surface area contributed by atoms with Gasteiger partial charge in [-0.1, -0.05) is 6.92 Å². The molecule has 2 unspecified atom stereocenters. The normalized spacial score (nSPS) is 31.4. The molecule has 4 nitrogen and oxygen atoms in total. The highest BCUT2D eigenvalue weighted by atomic mass is 16.6. The van der Waals surface area contributed by atoms with Crippen molar-refractivity contribution < 1.29 is 14.6 Å². The molecule has 1 N–H and O–H groups in total. The average Bonchev–Trinajstić information content (AvgIpc) is 2.42. The van der Waals surface area contributed by atoms with E-state index in [0.717, 1.165) is 5.57 Å². The van der Waals surface area contributed by atoms with Crippen LogP contribution in [0.3, 0.4) is 0 Å². The van der Waals surface area contributed by atoms with Gasteiger partial charge >= 0.3 is 5.97 Å². The molecule has 14 heavy (non-hydrogen) atoms. The van der Waals surface area contributed by atoms with Gasteiger partial charge in [0.1, 0.15) is 0 Å². The van der Waals surface area contributed by atoms with Gasteiger partial charge in [0.05, 0.1) is 12.8 Å². The molecule has 0 spiro atoms. The van der Waals surface area contributed by atoms with Crippen molar-refractivity contribution in [1.82, 2.24) is 0 Å². The van der Waals surface area contributed by atoms with Crippen LogP contribution in [0.4, 0.5) is 0 Å². The summed E-state index contributed by atoms with van der Waals surface area (Å²) in [6.07, 6.45) is 2.58. The Labute approximate surface area is 84.1 Å². The number of rotatable bonds is 3. The van der Waals surface area contributed by atoms with Crippen molar-refractivity contribution in [3.63, 3.8) is 0 Å². The molecule has 0 fully saturated rings. The lowest BCUT2D eigenvalue weighted by atomic mass is 9.92. The van der Waals surface area contributed by atoms with Gasteiger partial charge in [-0.15, -0.1) is 0 Å². The predicted octanol–water partition coefficient (Wildman–Crippen LogP) is 0.389. The standard InChI is InChI=1S/C10H17NO3/c1-4-10(9(12)14-5-2)6-8(3)7-11(10)13/h7,11H,4-6H2,1-3H3. The molecule has 1 rings (SSSR count). The lowest BCUT2D eigenvalue weighted by molar-refractivity contribution is -0.835. The van der Waals surface area contributed by atoms with Gasteiger partial charge in [0.25, 0.3) is 0 Å². The first kappa shape index (κ1) is 11.2. The van der Waals surface area contributed by atoms with Crippen LogP contribution in [0.1, 0.15) is 33.6 Å². The third-order valence-corrected chi connectivity index (χ3v) is 2.70. The van der Waals surface area contributed by atoms with Gasteiger partial charge < -0.3 is 15.0 Å². The summed E-state index contributed by atoms with van der Waals surface area (Å²) < 4.78 is 4.95. The molecule has 0 aromatic rings. The molecule has 0 saturated heterocycles. The molecule has 0 bridgehead atoms. The fraction of sp³-hybridized carbons (Fsp3) is 0.700. The van der Waals surface area contributed by atoms with Crippen molar-refractivity contribution in [2.45, 2.75) is 39.2 Å². The van der Waals surface area contributed by atoms with Crippen LogP contribution in [-0.4, -0.2) is 18.1 Å². The second-order valence-electron chi connectivity index (χ2n) is 3.69. The minimum absolute atomic E-state index is 0.101. The van der Waals surface area contributed by atoms with Crippen LogP contribution in [0.2, 0.25) is 0 Å². The minimum Gasteiger partial charge on any atom is -0.628 e. The smallest absolute Gasteiger partial charge is 0.369 e. The third kappa shape index (κ3) is 1.67. The summed E-state index contributed by atoms with van der Waals surface area (Å²) in [6.45, 7) is 5.80. The lowest BCUT2D eigenvalue weighted by Gasteiger charge is -2.33. The van der Waals surface area contributed by atoms with E-state index >= 15 is 0 Å². The quantitative estimate of drug-likeness (QED) is 0.528. The van der Waals surface area contributed by atoms with Gasteiger partial charge in [0.2, 0.25) is 5.54 Å². The first-order valence-corrected chi connectivity index (χ1v) is 4.95. The summed E-state index contributed by atoms with van der Waals surface area (Å²) in [6, 6.07) is 0. The topological polar surface area (TPSA) is 53.8 Å². The number of hydrogen-bond donors (Lipinski definition) is 1. The Kier molecular flexibility index (Phi) is 3.29. The largest absolute Gasteiger partial charge is 0.628 e. The fourth-order valence-electron chi connectivity index (χ4n) is 1.86. The Morgan fingerprint density at radius 1 is 1.71 bits per heavy atom. The Morgan fingerprint density at radius 3 is 2.71 bits per heavy atom. The van der Waals surface area contributed by atoms with Crippen molar-refractivity contribution in [2.75, 3.05) is 6.61 Å². The molecule has 1 aliphatic heterocycles. The first-order chi connectivity index (χ1) is 6.56. The first-order valence-electron chi connectivity index (χ1n) is 4.95. The number of carbonyl (C=O) groups is 1. The Morgan fingerprint density at radius 2 is 2.36 bits per heavy atom. The van der Waals surface area contributed by atoms with Gasteiger partial charge in [-0.25, -0.2) is 4.79 Å². The van der Waals surface area contributed by atoms with E-state index in [9.17, 15) is 10.0 Å². The maximum Gasteiger partial charge on any atom is 0.369 e. The monoisotopic (exact) mass is 199 g/mol. The third-order valence-electron chi connectivity index (χ3n) is 2.70.